The van der Waals surface area contributed by atoms with Gasteiger partial charge in [0.1, 0.15) is 5.75 Å². The van der Waals surface area contributed by atoms with Crippen molar-refractivity contribution in [3.63, 3.8) is 0 Å². The van der Waals surface area contributed by atoms with E-state index in [9.17, 15) is 0 Å². The van der Waals surface area contributed by atoms with Crippen molar-refractivity contribution in [2.24, 2.45) is 0 Å². The van der Waals surface area contributed by atoms with E-state index in [1.807, 2.05) is 24.3 Å². The lowest BCUT2D eigenvalue weighted by atomic mass is 10.1. The van der Waals surface area contributed by atoms with Gasteiger partial charge in [0, 0.05) is 35.2 Å². The highest BCUT2D eigenvalue weighted by Gasteiger charge is 2.10. The predicted octanol–water partition coefficient (Wildman–Crippen LogP) is 4.88. The Morgan fingerprint density at radius 3 is 2.65 bits per heavy atom. The second-order valence-electron chi connectivity index (χ2n) is 4.58. The van der Waals surface area contributed by atoms with Gasteiger partial charge in [-0.25, -0.2) is 0 Å². The highest BCUT2D eigenvalue weighted by molar-refractivity contribution is 9.08. The van der Waals surface area contributed by atoms with Crippen LogP contribution in [0.1, 0.15) is 11.1 Å². The van der Waals surface area contributed by atoms with Gasteiger partial charge >= 0.3 is 0 Å². The van der Waals surface area contributed by atoms with Gasteiger partial charge in [-0.15, -0.1) is 0 Å². The Bertz CT molecular complexity index is 588. The molecule has 0 saturated carbocycles. The minimum Gasteiger partial charge on any atom is -0.497 e. The van der Waals surface area contributed by atoms with Crippen LogP contribution in [0.4, 0.5) is 5.69 Å². The Labute approximate surface area is 133 Å². The van der Waals surface area contributed by atoms with E-state index in [4.69, 9.17) is 16.3 Å². The van der Waals surface area contributed by atoms with Gasteiger partial charge in [-0.05, 0) is 29.8 Å². The predicted molar refractivity (Wildman–Crippen MR) is 89.2 cm³/mol. The van der Waals surface area contributed by atoms with Crippen LogP contribution in [0.3, 0.4) is 0 Å². The van der Waals surface area contributed by atoms with Crippen molar-refractivity contribution in [1.82, 2.24) is 0 Å². The largest absolute Gasteiger partial charge is 0.497 e. The van der Waals surface area contributed by atoms with Crippen LogP contribution < -0.4 is 9.64 Å². The first kappa shape index (κ1) is 15.2. The molecule has 0 aliphatic heterocycles. The molecule has 0 heterocycles. The van der Waals surface area contributed by atoms with E-state index in [1.54, 1.807) is 7.11 Å². The van der Waals surface area contributed by atoms with Gasteiger partial charge in [-0.3, -0.25) is 0 Å². The molecule has 2 aromatic carbocycles. The van der Waals surface area contributed by atoms with Crippen LogP contribution >= 0.6 is 27.5 Å². The monoisotopic (exact) mass is 353 g/mol. The molecule has 0 radical (unpaired) electrons. The molecular weight excluding hydrogens is 338 g/mol. The van der Waals surface area contributed by atoms with Crippen molar-refractivity contribution in [3.05, 3.63) is 58.6 Å². The molecule has 20 heavy (non-hydrogen) atoms. The quantitative estimate of drug-likeness (QED) is 0.710. The minimum atomic E-state index is 0.741. The third kappa shape index (κ3) is 3.47. The molecule has 2 rings (SSSR count). The Kier molecular flexibility index (Phi) is 5.32. The van der Waals surface area contributed by atoms with Crippen molar-refractivity contribution in [2.75, 3.05) is 19.1 Å². The number of anilines is 1. The van der Waals surface area contributed by atoms with Gasteiger partial charge in [0.25, 0.3) is 0 Å². The van der Waals surface area contributed by atoms with Gasteiger partial charge < -0.3 is 9.64 Å². The maximum absolute atomic E-state index is 6.25. The first-order valence-electron chi connectivity index (χ1n) is 6.33. The smallest absolute Gasteiger partial charge is 0.119 e. The zero-order valence-corrected chi connectivity index (χ0v) is 13.9. The molecule has 0 atom stereocenters. The van der Waals surface area contributed by atoms with Crippen LogP contribution in [0.2, 0.25) is 5.02 Å². The second-order valence-corrected chi connectivity index (χ2v) is 5.55. The van der Waals surface area contributed by atoms with Gasteiger partial charge in [-0.1, -0.05) is 45.7 Å². The topological polar surface area (TPSA) is 12.5 Å². The lowest BCUT2D eigenvalue weighted by Crippen LogP contribution is -2.17. The molecule has 0 aliphatic rings. The summed E-state index contributed by atoms with van der Waals surface area (Å²) in [6.07, 6.45) is 0. The van der Waals surface area contributed by atoms with Crippen LogP contribution in [0, 0.1) is 0 Å². The number of rotatable bonds is 5. The van der Waals surface area contributed by atoms with Gasteiger partial charge in [-0.2, -0.15) is 0 Å². The zero-order valence-electron chi connectivity index (χ0n) is 11.6. The summed E-state index contributed by atoms with van der Waals surface area (Å²) in [5.74, 6) is 0.878. The Morgan fingerprint density at radius 1 is 1.20 bits per heavy atom. The maximum Gasteiger partial charge on any atom is 0.119 e. The highest BCUT2D eigenvalue weighted by atomic mass is 79.9. The van der Waals surface area contributed by atoms with Crippen LogP contribution in [0.5, 0.6) is 5.75 Å². The van der Waals surface area contributed by atoms with Crippen molar-refractivity contribution < 1.29 is 4.74 Å². The normalized spacial score (nSPS) is 10.4. The zero-order chi connectivity index (χ0) is 14.5. The molecule has 2 nitrogen and oxygen atoms in total. The lowest BCUT2D eigenvalue weighted by Gasteiger charge is -2.23. The van der Waals surface area contributed by atoms with Crippen LogP contribution in [0.25, 0.3) is 0 Å². The standard InChI is InChI=1S/C16H17BrClNO/c1-19(11-12-5-3-6-13(9-12)20-2)16-8-4-7-15(18)14(16)10-17/h3-9H,10-11H2,1-2H3. The van der Waals surface area contributed by atoms with Crippen LogP contribution in [0.15, 0.2) is 42.5 Å². The molecule has 0 unspecified atom stereocenters. The molecular formula is C16H17BrClNO. The Balaban J connectivity index is 2.23. The third-order valence-corrected chi connectivity index (χ3v) is 4.11. The van der Waals surface area contributed by atoms with Crippen molar-refractivity contribution >= 4 is 33.2 Å². The summed E-state index contributed by atoms with van der Waals surface area (Å²) in [4.78, 5) is 2.19. The number of hydrogen-bond acceptors (Lipinski definition) is 2. The van der Waals surface area contributed by atoms with E-state index in [0.29, 0.717) is 0 Å². The summed E-state index contributed by atoms with van der Waals surface area (Å²) in [6.45, 7) is 0.803. The van der Waals surface area contributed by atoms with Gasteiger partial charge in [0.05, 0.1) is 7.11 Å². The molecule has 0 aliphatic carbocycles. The van der Waals surface area contributed by atoms with Gasteiger partial charge in [0.15, 0.2) is 0 Å². The van der Waals surface area contributed by atoms with Crippen molar-refractivity contribution in [2.45, 2.75) is 11.9 Å². The second kappa shape index (κ2) is 7.00. The molecule has 0 spiro atoms. The third-order valence-electron chi connectivity index (χ3n) is 3.19. The van der Waals surface area contributed by atoms with Crippen molar-refractivity contribution in [1.29, 1.82) is 0 Å². The molecule has 0 saturated heterocycles. The fourth-order valence-corrected chi connectivity index (χ4v) is 3.15. The average molecular weight is 355 g/mol. The number of methoxy groups -OCH3 is 1. The first-order valence-corrected chi connectivity index (χ1v) is 7.83. The first-order chi connectivity index (χ1) is 9.65. The molecule has 0 amide bonds. The molecule has 0 fully saturated rings. The van der Waals surface area contributed by atoms with E-state index >= 15 is 0 Å². The fourth-order valence-electron chi connectivity index (χ4n) is 2.17. The average Bonchev–Trinajstić information content (AvgIpc) is 2.47. The summed E-state index contributed by atoms with van der Waals surface area (Å²) < 4.78 is 5.26. The fraction of sp³-hybridized carbons (Fsp3) is 0.250. The van der Waals surface area contributed by atoms with Crippen LogP contribution in [-0.2, 0) is 11.9 Å². The lowest BCUT2D eigenvalue weighted by molar-refractivity contribution is 0.414. The summed E-state index contributed by atoms with van der Waals surface area (Å²) in [5.41, 5.74) is 3.45. The Hall–Kier alpha value is -1.19. The van der Waals surface area contributed by atoms with E-state index in [2.05, 4.69) is 46.1 Å². The van der Waals surface area contributed by atoms with E-state index < -0.39 is 0 Å². The number of halogens is 2. The molecule has 0 bridgehead atoms. The summed E-state index contributed by atoms with van der Waals surface area (Å²) in [5, 5.41) is 1.53. The summed E-state index contributed by atoms with van der Waals surface area (Å²) in [6, 6.07) is 14.1. The van der Waals surface area contributed by atoms with Gasteiger partial charge in [0.2, 0.25) is 0 Å². The number of benzene rings is 2. The van der Waals surface area contributed by atoms with E-state index in [0.717, 1.165) is 33.9 Å². The van der Waals surface area contributed by atoms with E-state index in [1.165, 1.54) is 5.56 Å². The highest BCUT2D eigenvalue weighted by Crippen LogP contribution is 2.30. The molecule has 4 heteroatoms. The molecule has 0 aromatic heterocycles. The molecule has 106 valence electrons. The van der Waals surface area contributed by atoms with Crippen molar-refractivity contribution in [3.8, 4) is 5.75 Å². The molecule has 2 aromatic rings. The number of ether oxygens (including phenoxy) is 1. The molecule has 0 N–H and O–H groups in total. The maximum atomic E-state index is 6.25. The van der Waals surface area contributed by atoms with Crippen LogP contribution in [-0.4, -0.2) is 14.2 Å². The van der Waals surface area contributed by atoms with E-state index in [-0.39, 0.29) is 0 Å². The Morgan fingerprint density at radius 2 is 1.95 bits per heavy atom. The summed E-state index contributed by atoms with van der Waals surface area (Å²) in [7, 11) is 3.75. The number of nitrogens with zero attached hydrogens (tertiary/aromatic N) is 1. The number of hydrogen-bond donors (Lipinski definition) is 0. The summed E-state index contributed by atoms with van der Waals surface area (Å²) >= 11 is 9.75. The minimum absolute atomic E-state index is 0.741. The SMILES string of the molecule is COc1cccc(CN(C)c2cccc(Cl)c2CBr)c1. The number of alkyl halides is 1.